The molecule has 4 rings (SSSR count). The van der Waals surface area contributed by atoms with Crippen molar-refractivity contribution in [1.29, 1.82) is 0 Å². The summed E-state index contributed by atoms with van der Waals surface area (Å²) >= 11 is 0. The number of aromatic amines is 1. The number of fused-ring (bicyclic) bond motifs is 2. The van der Waals surface area contributed by atoms with Crippen LogP contribution in [0.3, 0.4) is 0 Å². The van der Waals surface area contributed by atoms with Gasteiger partial charge in [0, 0.05) is 28.6 Å². The maximum Gasteiger partial charge on any atom is 0.0705 e. The van der Waals surface area contributed by atoms with Gasteiger partial charge in [0.05, 0.1) is 6.61 Å². The number of hydrogen-bond acceptors (Lipinski definition) is 1. The lowest BCUT2D eigenvalue weighted by Gasteiger charge is -2.06. The van der Waals surface area contributed by atoms with E-state index in [-0.39, 0.29) is 6.61 Å². The van der Waals surface area contributed by atoms with Crippen molar-refractivity contribution in [3.63, 3.8) is 0 Å². The molecule has 0 aliphatic heterocycles. The van der Waals surface area contributed by atoms with Gasteiger partial charge in [-0.15, -0.1) is 0 Å². The first-order chi connectivity index (χ1) is 10.4. The average Bonchev–Trinajstić information content (AvgIpc) is 3.09. The van der Waals surface area contributed by atoms with Crippen molar-refractivity contribution in [3.05, 3.63) is 77.0 Å². The number of H-pyrrole nitrogens is 1. The molecular formula is C19H17NO. The fourth-order valence-corrected chi connectivity index (χ4v) is 3.30. The van der Waals surface area contributed by atoms with Gasteiger partial charge in [-0.25, -0.2) is 0 Å². The summed E-state index contributed by atoms with van der Waals surface area (Å²) in [7, 11) is 0. The van der Waals surface area contributed by atoms with E-state index in [4.69, 9.17) is 0 Å². The van der Waals surface area contributed by atoms with Gasteiger partial charge in [-0.2, -0.15) is 0 Å². The SMILES string of the molecule is OCc1c(CC2=CCc3ccccc32)[nH]c2ccccc12. The number of aliphatic hydroxyl groups is 1. The van der Waals surface area contributed by atoms with Gasteiger partial charge in [0.1, 0.15) is 0 Å². The third kappa shape index (κ3) is 1.99. The van der Waals surface area contributed by atoms with Crippen molar-refractivity contribution in [2.24, 2.45) is 0 Å². The third-order valence-electron chi connectivity index (χ3n) is 4.36. The number of nitrogens with one attached hydrogen (secondary N) is 1. The molecule has 1 aromatic heterocycles. The Morgan fingerprint density at radius 2 is 1.81 bits per heavy atom. The summed E-state index contributed by atoms with van der Waals surface area (Å²) in [5.74, 6) is 0. The molecule has 2 heteroatoms. The fraction of sp³-hybridized carbons (Fsp3) is 0.158. The molecule has 1 heterocycles. The van der Waals surface area contributed by atoms with E-state index in [9.17, 15) is 5.11 Å². The summed E-state index contributed by atoms with van der Waals surface area (Å²) in [6.45, 7) is 0.0777. The first kappa shape index (κ1) is 12.4. The first-order valence-corrected chi connectivity index (χ1v) is 7.33. The molecule has 0 unspecified atom stereocenters. The Morgan fingerprint density at radius 3 is 2.71 bits per heavy atom. The maximum atomic E-state index is 9.74. The normalized spacial score (nSPS) is 13.5. The van der Waals surface area contributed by atoms with E-state index in [2.05, 4.69) is 47.5 Å². The van der Waals surface area contributed by atoms with Crippen LogP contribution in [-0.2, 0) is 19.4 Å². The van der Waals surface area contributed by atoms with Crippen LogP contribution in [0.5, 0.6) is 0 Å². The Bertz CT molecular complexity index is 842. The van der Waals surface area contributed by atoms with Gasteiger partial charge in [-0.1, -0.05) is 48.5 Å². The van der Waals surface area contributed by atoms with Crippen molar-refractivity contribution < 1.29 is 5.11 Å². The van der Waals surface area contributed by atoms with Gasteiger partial charge in [0.2, 0.25) is 0 Å². The number of aromatic nitrogens is 1. The second-order valence-corrected chi connectivity index (χ2v) is 5.55. The van der Waals surface area contributed by atoms with Gasteiger partial charge in [-0.05, 0) is 29.2 Å². The fourth-order valence-electron chi connectivity index (χ4n) is 3.30. The molecule has 0 spiro atoms. The summed E-state index contributed by atoms with van der Waals surface area (Å²) in [5, 5.41) is 10.9. The molecule has 0 saturated heterocycles. The highest BCUT2D eigenvalue weighted by Crippen LogP contribution is 2.32. The molecular weight excluding hydrogens is 258 g/mol. The van der Waals surface area contributed by atoms with E-state index < -0.39 is 0 Å². The van der Waals surface area contributed by atoms with Crippen LogP contribution < -0.4 is 0 Å². The van der Waals surface area contributed by atoms with Crippen LogP contribution >= 0.6 is 0 Å². The van der Waals surface area contributed by atoms with Gasteiger partial charge in [0.15, 0.2) is 0 Å². The number of benzene rings is 2. The molecule has 0 fully saturated rings. The first-order valence-electron chi connectivity index (χ1n) is 7.33. The predicted octanol–water partition coefficient (Wildman–Crippen LogP) is 3.84. The quantitative estimate of drug-likeness (QED) is 0.748. The minimum atomic E-state index is 0.0777. The molecule has 2 N–H and O–H groups in total. The van der Waals surface area contributed by atoms with E-state index in [0.29, 0.717) is 0 Å². The Kier molecular flexibility index (Phi) is 2.90. The Balaban J connectivity index is 1.76. The van der Waals surface area contributed by atoms with Crippen molar-refractivity contribution in [2.45, 2.75) is 19.4 Å². The Hall–Kier alpha value is -2.32. The monoisotopic (exact) mass is 275 g/mol. The van der Waals surface area contributed by atoms with Crippen molar-refractivity contribution >= 4 is 16.5 Å². The lowest BCUT2D eigenvalue weighted by molar-refractivity contribution is 0.282. The number of rotatable bonds is 3. The number of hydrogen-bond donors (Lipinski definition) is 2. The average molecular weight is 275 g/mol. The summed E-state index contributed by atoms with van der Waals surface area (Å²) in [6, 6.07) is 16.7. The number of para-hydroxylation sites is 1. The number of allylic oxidation sites excluding steroid dienone is 2. The van der Waals surface area contributed by atoms with E-state index in [1.165, 1.54) is 16.7 Å². The van der Waals surface area contributed by atoms with Crippen molar-refractivity contribution in [2.75, 3.05) is 0 Å². The molecule has 2 aromatic carbocycles. The molecule has 0 amide bonds. The predicted molar refractivity (Wildman–Crippen MR) is 86.0 cm³/mol. The van der Waals surface area contributed by atoms with Crippen LogP contribution in [0.25, 0.3) is 16.5 Å². The lowest BCUT2D eigenvalue weighted by Crippen LogP contribution is -1.94. The largest absolute Gasteiger partial charge is 0.392 e. The van der Waals surface area contributed by atoms with Crippen molar-refractivity contribution in [1.82, 2.24) is 4.98 Å². The van der Waals surface area contributed by atoms with E-state index in [1.54, 1.807) is 0 Å². The molecule has 2 nitrogen and oxygen atoms in total. The summed E-state index contributed by atoms with van der Waals surface area (Å²) in [6.07, 6.45) is 4.17. The van der Waals surface area contributed by atoms with Crippen LogP contribution in [0.1, 0.15) is 22.4 Å². The second-order valence-electron chi connectivity index (χ2n) is 5.55. The highest BCUT2D eigenvalue weighted by Gasteiger charge is 2.17. The van der Waals surface area contributed by atoms with Crippen LogP contribution in [0, 0.1) is 0 Å². The molecule has 104 valence electrons. The zero-order valence-corrected chi connectivity index (χ0v) is 11.8. The molecule has 0 atom stereocenters. The highest BCUT2D eigenvalue weighted by atomic mass is 16.3. The maximum absolute atomic E-state index is 9.74. The highest BCUT2D eigenvalue weighted by molar-refractivity contribution is 5.86. The van der Waals surface area contributed by atoms with Crippen LogP contribution in [0.2, 0.25) is 0 Å². The smallest absolute Gasteiger partial charge is 0.0705 e. The summed E-state index contributed by atoms with van der Waals surface area (Å²) in [5.41, 5.74) is 7.35. The molecule has 1 aliphatic rings. The van der Waals surface area contributed by atoms with E-state index in [0.717, 1.165) is 35.0 Å². The topological polar surface area (TPSA) is 36.0 Å². The number of aliphatic hydroxyl groups excluding tert-OH is 1. The van der Waals surface area contributed by atoms with E-state index >= 15 is 0 Å². The van der Waals surface area contributed by atoms with Crippen LogP contribution in [0.4, 0.5) is 0 Å². The molecule has 1 aliphatic carbocycles. The minimum Gasteiger partial charge on any atom is -0.392 e. The second kappa shape index (κ2) is 4.90. The van der Waals surface area contributed by atoms with Gasteiger partial charge >= 0.3 is 0 Å². The molecule has 0 saturated carbocycles. The zero-order valence-electron chi connectivity index (χ0n) is 11.8. The molecule has 0 radical (unpaired) electrons. The van der Waals surface area contributed by atoms with Gasteiger partial charge in [-0.3, -0.25) is 0 Å². The third-order valence-corrected chi connectivity index (χ3v) is 4.36. The lowest BCUT2D eigenvalue weighted by atomic mass is 10.00. The Labute approximate surface area is 123 Å². The standard InChI is InChI=1S/C19H17NO/c21-12-17-16-7-3-4-8-18(16)20-19(17)11-14-10-9-13-5-1-2-6-15(13)14/h1-8,10,20-21H,9,11-12H2. The van der Waals surface area contributed by atoms with Crippen LogP contribution in [0.15, 0.2) is 54.6 Å². The van der Waals surface area contributed by atoms with E-state index in [1.807, 2.05) is 12.1 Å². The summed E-state index contributed by atoms with van der Waals surface area (Å²) < 4.78 is 0. The van der Waals surface area contributed by atoms with Gasteiger partial charge < -0.3 is 10.1 Å². The molecule has 21 heavy (non-hydrogen) atoms. The molecule has 0 bridgehead atoms. The minimum absolute atomic E-state index is 0.0777. The van der Waals surface area contributed by atoms with Gasteiger partial charge in [0.25, 0.3) is 0 Å². The Morgan fingerprint density at radius 1 is 1.00 bits per heavy atom. The van der Waals surface area contributed by atoms with Crippen LogP contribution in [-0.4, -0.2) is 10.1 Å². The summed E-state index contributed by atoms with van der Waals surface area (Å²) in [4.78, 5) is 3.47. The van der Waals surface area contributed by atoms with Crippen molar-refractivity contribution in [3.8, 4) is 0 Å². The zero-order chi connectivity index (χ0) is 14.2. The molecule has 3 aromatic rings.